The van der Waals surface area contributed by atoms with Crippen LogP contribution in [0.3, 0.4) is 0 Å². The van der Waals surface area contributed by atoms with Gasteiger partial charge in [-0.1, -0.05) is 23.2 Å². The van der Waals surface area contributed by atoms with E-state index in [0.29, 0.717) is 47.6 Å². The summed E-state index contributed by atoms with van der Waals surface area (Å²) in [4.78, 5) is 12.5. The summed E-state index contributed by atoms with van der Waals surface area (Å²) in [5.41, 5.74) is 0.825. The molecule has 1 fully saturated rings. The van der Waals surface area contributed by atoms with Gasteiger partial charge in [0.2, 0.25) is 10.0 Å². The molecule has 6 nitrogen and oxygen atoms in total. The SMILES string of the molecule is O=C(Nc1ccc(Cl)c(Cl)c1)c1ccc(S(=O)(=O)N2CCOCC2)cc1. The second-order valence-electron chi connectivity index (χ2n) is 5.62. The van der Waals surface area contributed by atoms with Crippen LogP contribution in [0.15, 0.2) is 47.4 Å². The molecule has 0 spiro atoms. The summed E-state index contributed by atoms with van der Waals surface area (Å²) in [6.07, 6.45) is 0. The normalized spacial score (nSPS) is 15.6. The van der Waals surface area contributed by atoms with Gasteiger partial charge in [-0.05, 0) is 42.5 Å². The number of anilines is 1. The Bertz CT molecular complexity index is 911. The quantitative estimate of drug-likeness (QED) is 0.832. The van der Waals surface area contributed by atoms with E-state index in [4.69, 9.17) is 27.9 Å². The average Bonchev–Trinajstić information content (AvgIpc) is 2.65. The molecule has 26 heavy (non-hydrogen) atoms. The smallest absolute Gasteiger partial charge is 0.255 e. The minimum Gasteiger partial charge on any atom is -0.379 e. The summed E-state index contributed by atoms with van der Waals surface area (Å²) in [6, 6.07) is 10.5. The largest absolute Gasteiger partial charge is 0.379 e. The molecule has 0 aromatic heterocycles. The number of halogens is 2. The lowest BCUT2D eigenvalue weighted by Gasteiger charge is -2.26. The Morgan fingerprint density at radius 2 is 1.65 bits per heavy atom. The molecule has 1 heterocycles. The van der Waals surface area contributed by atoms with Gasteiger partial charge in [0.25, 0.3) is 5.91 Å². The molecule has 0 radical (unpaired) electrons. The first-order valence-electron chi connectivity index (χ1n) is 7.82. The lowest BCUT2D eigenvalue weighted by Crippen LogP contribution is -2.40. The number of amides is 1. The zero-order valence-corrected chi connectivity index (χ0v) is 15.9. The van der Waals surface area contributed by atoms with Crippen LogP contribution in [0.5, 0.6) is 0 Å². The van der Waals surface area contributed by atoms with E-state index in [1.165, 1.54) is 28.6 Å². The van der Waals surface area contributed by atoms with Gasteiger partial charge < -0.3 is 10.1 Å². The highest BCUT2D eigenvalue weighted by molar-refractivity contribution is 7.89. The minimum absolute atomic E-state index is 0.144. The van der Waals surface area contributed by atoms with Crippen LogP contribution >= 0.6 is 23.2 Å². The van der Waals surface area contributed by atoms with Crippen LogP contribution in [0.25, 0.3) is 0 Å². The predicted octanol–water partition coefficient (Wildman–Crippen LogP) is 3.27. The van der Waals surface area contributed by atoms with Crippen LogP contribution in [0.4, 0.5) is 5.69 Å². The molecule has 0 saturated carbocycles. The van der Waals surface area contributed by atoms with Crippen molar-refractivity contribution in [2.75, 3.05) is 31.6 Å². The van der Waals surface area contributed by atoms with Crippen LogP contribution < -0.4 is 5.32 Å². The zero-order chi connectivity index (χ0) is 18.7. The Hall–Kier alpha value is -1.64. The third-order valence-corrected chi connectivity index (χ3v) is 6.55. The van der Waals surface area contributed by atoms with Crippen molar-refractivity contribution >= 4 is 44.8 Å². The maximum Gasteiger partial charge on any atom is 0.255 e. The highest BCUT2D eigenvalue weighted by Crippen LogP contribution is 2.25. The topological polar surface area (TPSA) is 75.7 Å². The van der Waals surface area contributed by atoms with E-state index >= 15 is 0 Å². The molecule has 0 aliphatic carbocycles. The van der Waals surface area contributed by atoms with Crippen molar-refractivity contribution < 1.29 is 17.9 Å². The molecule has 1 saturated heterocycles. The van der Waals surface area contributed by atoms with Gasteiger partial charge in [-0.25, -0.2) is 8.42 Å². The molecule has 1 N–H and O–H groups in total. The van der Waals surface area contributed by atoms with Gasteiger partial charge in [0.1, 0.15) is 0 Å². The third-order valence-electron chi connectivity index (χ3n) is 3.90. The molecular formula is C17H16Cl2N2O4S. The van der Waals surface area contributed by atoms with Crippen molar-refractivity contribution in [1.82, 2.24) is 4.31 Å². The number of rotatable bonds is 4. The molecule has 1 aliphatic heterocycles. The summed E-state index contributed by atoms with van der Waals surface area (Å²) < 4.78 is 31.7. The number of hydrogen-bond acceptors (Lipinski definition) is 4. The summed E-state index contributed by atoms with van der Waals surface area (Å²) >= 11 is 11.8. The molecule has 0 atom stereocenters. The fourth-order valence-corrected chi connectivity index (χ4v) is 4.20. The van der Waals surface area contributed by atoms with E-state index in [-0.39, 0.29) is 10.8 Å². The number of carbonyl (C=O) groups excluding carboxylic acids is 1. The summed E-state index contributed by atoms with van der Waals surface area (Å²) in [5.74, 6) is -0.376. The Morgan fingerprint density at radius 3 is 2.27 bits per heavy atom. The molecule has 2 aromatic carbocycles. The number of morpholine rings is 1. The van der Waals surface area contributed by atoms with Crippen LogP contribution in [-0.4, -0.2) is 44.9 Å². The van der Waals surface area contributed by atoms with E-state index in [0.717, 1.165) is 0 Å². The van der Waals surface area contributed by atoms with Crippen molar-refractivity contribution in [2.45, 2.75) is 4.90 Å². The number of sulfonamides is 1. The first-order chi connectivity index (χ1) is 12.4. The number of hydrogen-bond donors (Lipinski definition) is 1. The lowest BCUT2D eigenvalue weighted by atomic mass is 10.2. The Kier molecular flexibility index (Phi) is 5.84. The van der Waals surface area contributed by atoms with Gasteiger partial charge in [-0.2, -0.15) is 4.31 Å². The number of carbonyl (C=O) groups is 1. The Morgan fingerprint density at radius 1 is 1.00 bits per heavy atom. The van der Waals surface area contributed by atoms with Gasteiger partial charge in [0.05, 0.1) is 28.2 Å². The Balaban J connectivity index is 1.74. The molecule has 138 valence electrons. The number of ether oxygens (including phenoxy) is 1. The van der Waals surface area contributed by atoms with Gasteiger partial charge in [-0.15, -0.1) is 0 Å². The van der Waals surface area contributed by atoms with Gasteiger partial charge >= 0.3 is 0 Å². The standard InChI is InChI=1S/C17H16Cl2N2O4S/c18-15-6-3-13(11-16(15)19)20-17(22)12-1-4-14(5-2-12)26(23,24)21-7-9-25-10-8-21/h1-6,11H,7-10H2,(H,20,22). The second kappa shape index (κ2) is 7.94. The summed E-state index contributed by atoms with van der Waals surface area (Å²) in [7, 11) is -3.58. The monoisotopic (exact) mass is 414 g/mol. The van der Waals surface area contributed by atoms with E-state index in [1.807, 2.05) is 0 Å². The highest BCUT2D eigenvalue weighted by Gasteiger charge is 2.26. The van der Waals surface area contributed by atoms with Crippen molar-refractivity contribution in [3.05, 3.63) is 58.1 Å². The number of nitrogens with zero attached hydrogens (tertiary/aromatic N) is 1. The number of benzene rings is 2. The Labute approximate surface area is 161 Å². The zero-order valence-electron chi connectivity index (χ0n) is 13.6. The molecule has 0 unspecified atom stereocenters. The first kappa shape index (κ1) is 19.1. The first-order valence-corrected chi connectivity index (χ1v) is 10.0. The maximum atomic E-state index is 12.6. The molecule has 1 amide bonds. The molecular weight excluding hydrogens is 399 g/mol. The van der Waals surface area contributed by atoms with Crippen molar-refractivity contribution in [3.63, 3.8) is 0 Å². The fourth-order valence-electron chi connectivity index (χ4n) is 2.49. The second-order valence-corrected chi connectivity index (χ2v) is 8.38. The molecule has 3 rings (SSSR count). The molecule has 0 bridgehead atoms. The molecule has 1 aliphatic rings. The van der Waals surface area contributed by atoms with Crippen LogP contribution in [0.1, 0.15) is 10.4 Å². The van der Waals surface area contributed by atoms with Crippen LogP contribution in [0.2, 0.25) is 10.0 Å². The minimum atomic E-state index is -3.58. The predicted molar refractivity (Wildman–Crippen MR) is 100 cm³/mol. The lowest BCUT2D eigenvalue weighted by molar-refractivity contribution is 0.0730. The van der Waals surface area contributed by atoms with Crippen LogP contribution in [0, 0.1) is 0 Å². The number of nitrogens with one attached hydrogen (secondary N) is 1. The highest BCUT2D eigenvalue weighted by atomic mass is 35.5. The van der Waals surface area contributed by atoms with Crippen molar-refractivity contribution in [2.24, 2.45) is 0 Å². The van der Waals surface area contributed by atoms with E-state index in [2.05, 4.69) is 5.32 Å². The third kappa shape index (κ3) is 4.19. The maximum absolute atomic E-state index is 12.6. The summed E-state index contributed by atoms with van der Waals surface area (Å²) in [6.45, 7) is 1.40. The van der Waals surface area contributed by atoms with Gasteiger partial charge in [0, 0.05) is 24.3 Å². The van der Waals surface area contributed by atoms with E-state index < -0.39 is 10.0 Å². The van der Waals surface area contributed by atoms with Gasteiger partial charge in [-0.3, -0.25) is 4.79 Å². The van der Waals surface area contributed by atoms with Crippen molar-refractivity contribution in [3.8, 4) is 0 Å². The summed E-state index contributed by atoms with van der Waals surface area (Å²) in [5, 5.41) is 3.41. The van der Waals surface area contributed by atoms with Crippen molar-refractivity contribution in [1.29, 1.82) is 0 Å². The van der Waals surface area contributed by atoms with E-state index in [1.54, 1.807) is 18.2 Å². The van der Waals surface area contributed by atoms with Gasteiger partial charge in [0.15, 0.2) is 0 Å². The average molecular weight is 415 g/mol. The molecule has 2 aromatic rings. The van der Waals surface area contributed by atoms with E-state index in [9.17, 15) is 13.2 Å². The molecule has 9 heteroatoms. The fraction of sp³-hybridized carbons (Fsp3) is 0.235. The van der Waals surface area contributed by atoms with Crippen LogP contribution in [-0.2, 0) is 14.8 Å².